The first-order valence-electron chi connectivity index (χ1n) is 15.0. The molecule has 2 N–H and O–H groups in total. The Morgan fingerprint density at radius 2 is 1.74 bits per heavy atom. The predicted octanol–water partition coefficient (Wildman–Crippen LogP) is 2.60. The fourth-order valence-corrected chi connectivity index (χ4v) is 7.69. The van der Waals surface area contributed by atoms with Crippen LogP contribution in [0.2, 0.25) is 0 Å². The molecule has 0 unspecified atom stereocenters. The van der Waals surface area contributed by atoms with E-state index < -0.39 is 19.9 Å². The van der Waals surface area contributed by atoms with Gasteiger partial charge in [-0.2, -0.15) is 4.98 Å². The quantitative estimate of drug-likeness (QED) is 0.254. The zero-order chi connectivity index (χ0) is 30.3. The lowest BCUT2D eigenvalue weighted by molar-refractivity contribution is 0.0381. The topological polar surface area (TPSA) is 145 Å². The highest BCUT2D eigenvalue weighted by Crippen LogP contribution is 2.29. The number of benzene rings is 1. The molecule has 1 aliphatic carbocycles. The van der Waals surface area contributed by atoms with Crippen LogP contribution in [0.4, 0.5) is 5.95 Å². The van der Waals surface area contributed by atoms with Crippen molar-refractivity contribution in [3.63, 3.8) is 0 Å². The number of ether oxygens (including phenoxy) is 2. The van der Waals surface area contributed by atoms with Crippen LogP contribution in [-0.4, -0.2) is 106 Å². The lowest BCUT2D eigenvalue weighted by Gasteiger charge is -2.30. The fraction of sp³-hybridized carbons (Fsp3) is 0.586. The highest BCUT2D eigenvalue weighted by Gasteiger charge is 2.25. The molecule has 1 saturated carbocycles. The van der Waals surface area contributed by atoms with E-state index in [4.69, 9.17) is 14.5 Å². The van der Waals surface area contributed by atoms with E-state index >= 15 is 0 Å². The molecule has 12 nitrogen and oxygen atoms in total. The van der Waals surface area contributed by atoms with E-state index in [1.165, 1.54) is 6.26 Å². The van der Waals surface area contributed by atoms with E-state index in [-0.39, 0.29) is 23.6 Å². The van der Waals surface area contributed by atoms with Gasteiger partial charge >= 0.3 is 0 Å². The van der Waals surface area contributed by atoms with Crippen LogP contribution >= 0.6 is 0 Å². The molecule has 0 spiro atoms. The van der Waals surface area contributed by atoms with Crippen molar-refractivity contribution in [1.29, 1.82) is 0 Å². The molecule has 14 heteroatoms. The zero-order valence-electron chi connectivity index (χ0n) is 24.7. The number of rotatable bonds is 14. The van der Waals surface area contributed by atoms with Crippen molar-refractivity contribution in [1.82, 2.24) is 24.2 Å². The molecule has 2 aromatic heterocycles. The first-order valence-corrected chi connectivity index (χ1v) is 18.7. The molecular formula is C29H42N6O6S2. The summed E-state index contributed by atoms with van der Waals surface area (Å²) in [4.78, 5) is 11.4. The molecule has 236 valence electrons. The molecule has 3 aromatic rings. The number of aromatic nitrogens is 3. The molecule has 0 amide bonds. The molecule has 1 saturated heterocycles. The second-order valence-electron chi connectivity index (χ2n) is 11.4. The lowest BCUT2D eigenvalue weighted by atomic mass is 9.92. The van der Waals surface area contributed by atoms with E-state index in [1.54, 1.807) is 6.20 Å². The zero-order valence-corrected chi connectivity index (χ0v) is 26.3. The predicted molar refractivity (Wildman–Crippen MR) is 167 cm³/mol. The summed E-state index contributed by atoms with van der Waals surface area (Å²) >= 11 is 0. The second kappa shape index (κ2) is 14.3. The van der Waals surface area contributed by atoms with Crippen LogP contribution in [0.25, 0.3) is 16.7 Å². The minimum absolute atomic E-state index is 0.0484. The Balaban J connectivity index is 1.12. The SMILES string of the molecule is CS(=O)(=O)CCCOc1cccc2c1ccn2-c1ccnc(NC2CCC(NS(=O)(=O)CCCN3CCOCC3)CC2)n1. The van der Waals surface area contributed by atoms with Crippen molar-refractivity contribution in [2.45, 2.75) is 50.6 Å². The molecule has 1 aromatic carbocycles. The minimum Gasteiger partial charge on any atom is -0.493 e. The summed E-state index contributed by atoms with van der Waals surface area (Å²) in [5.41, 5.74) is 0.919. The summed E-state index contributed by atoms with van der Waals surface area (Å²) in [5, 5.41) is 4.35. The Bertz CT molecular complexity index is 1570. The van der Waals surface area contributed by atoms with Crippen molar-refractivity contribution < 1.29 is 26.3 Å². The number of morpholine rings is 1. The van der Waals surface area contributed by atoms with Crippen molar-refractivity contribution in [3.05, 3.63) is 42.7 Å². The number of fused-ring (bicyclic) bond motifs is 1. The van der Waals surface area contributed by atoms with E-state index in [0.717, 1.165) is 69.4 Å². The minimum atomic E-state index is -3.31. The van der Waals surface area contributed by atoms with E-state index in [1.807, 2.05) is 41.1 Å². The number of nitrogens with zero attached hydrogens (tertiary/aromatic N) is 4. The average molecular weight is 635 g/mol. The largest absolute Gasteiger partial charge is 0.493 e. The summed E-state index contributed by atoms with van der Waals surface area (Å²) in [6.07, 6.45) is 9.09. The molecule has 5 rings (SSSR count). The molecule has 0 radical (unpaired) electrons. The maximum atomic E-state index is 12.7. The molecule has 0 bridgehead atoms. The van der Waals surface area contributed by atoms with Crippen LogP contribution in [0, 0.1) is 0 Å². The van der Waals surface area contributed by atoms with Gasteiger partial charge in [0.1, 0.15) is 21.4 Å². The van der Waals surface area contributed by atoms with Crippen molar-refractivity contribution in [2.24, 2.45) is 0 Å². The van der Waals surface area contributed by atoms with Crippen molar-refractivity contribution in [2.75, 3.05) is 62.5 Å². The number of hydrogen-bond acceptors (Lipinski definition) is 10. The van der Waals surface area contributed by atoms with Gasteiger partial charge in [0.25, 0.3) is 0 Å². The molecule has 43 heavy (non-hydrogen) atoms. The van der Waals surface area contributed by atoms with Crippen LogP contribution in [0.5, 0.6) is 5.75 Å². The molecule has 1 aliphatic heterocycles. The lowest BCUT2D eigenvalue weighted by Crippen LogP contribution is -2.42. The summed E-state index contributed by atoms with van der Waals surface area (Å²) in [6, 6.07) is 9.68. The Morgan fingerprint density at radius 1 is 0.977 bits per heavy atom. The molecule has 2 aliphatic rings. The summed E-state index contributed by atoms with van der Waals surface area (Å²) < 4.78 is 64.3. The van der Waals surface area contributed by atoms with Gasteiger partial charge in [-0.25, -0.2) is 26.5 Å². The standard InChI is InChI=1S/C29H42N6O6S2/c1-42(36,37)21-4-18-41-27-6-2-5-26-25(27)12-15-35(26)28-11-13-30-29(32-28)31-23-7-9-24(10-8-23)33-43(38,39)22-3-14-34-16-19-40-20-17-34/h2,5-6,11-13,15,23-24,33H,3-4,7-10,14,16-22H2,1H3,(H,30,31,32). The van der Waals surface area contributed by atoms with Crippen molar-refractivity contribution >= 4 is 36.7 Å². The summed E-state index contributed by atoms with van der Waals surface area (Å²) in [5.74, 6) is 2.17. The smallest absolute Gasteiger partial charge is 0.224 e. The number of sulfonamides is 1. The first-order chi connectivity index (χ1) is 20.7. The summed E-state index contributed by atoms with van der Waals surface area (Å²) in [7, 11) is -6.33. The first kappa shape index (κ1) is 31.6. The third-order valence-electron chi connectivity index (χ3n) is 7.90. The Kier molecular flexibility index (Phi) is 10.5. The van der Waals surface area contributed by atoms with Gasteiger partial charge in [-0.1, -0.05) is 6.07 Å². The van der Waals surface area contributed by atoms with Crippen LogP contribution < -0.4 is 14.8 Å². The van der Waals surface area contributed by atoms with Crippen LogP contribution in [0.3, 0.4) is 0 Å². The van der Waals surface area contributed by atoms with E-state index in [0.29, 0.717) is 37.0 Å². The monoisotopic (exact) mass is 634 g/mol. The fourth-order valence-electron chi connectivity index (χ4n) is 5.68. The molecule has 2 fully saturated rings. The van der Waals surface area contributed by atoms with Gasteiger partial charge < -0.3 is 19.4 Å². The third kappa shape index (κ3) is 9.35. The van der Waals surface area contributed by atoms with E-state index in [2.05, 4.69) is 19.9 Å². The van der Waals surface area contributed by atoms with Crippen LogP contribution in [-0.2, 0) is 24.6 Å². The van der Waals surface area contributed by atoms with Gasteiger partial charge in [-0.15, -0.1) is 0 Å². The van der Waals surface area contributed by atoms with Gasteiger partial charge in [-0.3, -0.25) is 4.90 Å². The number of hydrogen-bond donors (Lipinski definition) is 2. The number of nitrogens with one attached hydrogen (secondary N) is 2. The summed E-state index contributed by atoms with van der Waals surface area (Å²) in [6.45, 7) is 4.26. The number of anilines is 1. The normalized spacial score (nSPS) is 20.3. The second-order valence-corrected chi connectivity index (χ2v) is 15.5. The Hall–Kier alpha value is -2.78. The van der Waals surface area contributed by atoms with E-state index in [9.17, 15) is 16.8 Å². The van der Waals surface area contributed by atoms with Gasteiger partial charge in [0, 0.05) is 49.2 Å². The van der Waals surface area contributed by atoms with Crippen molar-refractivity contribution in [3.8, 4) is 11.6 Å². The van der Waals surface area contributed by atoms with Gasteiger partial charge in [0.15, 0.2) is 0 Å². The van der Waals surface area contributed by atoms with Crippen LogP contribution in [0.1, 0.15) is 38.5 Å². The van der Waals surface area contributed by atoms with Gasteiger partial charge in [0.2, 0.25) is 16.0 Å². The third-order valence-corrected chi connectivity index (χ3v) is 10.4. The Labute approximate surface area is 254 Å². The molecular weight excluding hydrogens is 592 g/mol. The average Bonchev–Trinajstić information content (AvgIpc) is 3.41. The van der Waals surface area contributed by atoms with Crippen LogP contribution in [0.15, 0.2) is 42.7 Å². The number of sulfone groups is 1. The Morgan fingerprint density at radius 3 is 2.51 bits per heavy atom. The maximum absolute atomic E-state index is 12.7. The highest BCUT2D eigenvalue weighted by molar-refractivity contribution is 7.90. The molecule has 0 atom stereocenters. The van der Waals surface area contributed by atoms with Gasteiger partial charge in [0.05, 0.1) is 36.8 Å². The highest BCUT2D eigenvalue weighted by atomic mass is 32.2. The maximum Gasteiger partial charge on any atom is 0.224 e. The van der Waals surface area contributed by atoms with Gasteiger partial charge in [-0.05, 0) is 69.3 Å². The molecule has 3 heterocycles.